The SMILES string of the molecule is NCC(Cc1ccccc1)NS(=O)(=O)Cc1ccccc1. The molecule has 0 aliphatic heterocycles. The first-order valence-corrected chi connectivity index (χ1v) is 8.52. The third kappa shape index (κ3) is 5.30. The van der Waals surface area contributed by atoms with Crippen LogP contribution in [-0.2, 0) is 22.2 Å². The maximum atomic E-state index is 12.2. The van der Waals surface area contributed by atoms with E-state index in [4.69, 9.17) is 5.73 Å². The standard InChI is InChI=1S/C16H20N2O2S/c17-12-16(11-14-7-3-1-4-8-14)18-21(19,20)13-15-9-5-2-6-10-15/h1-10,16,18H,11-13,17H2. The molecule has 1 unspecified atom stereocenters. The monoisotopic (exact) mass is 304 g/mol. The highest BCUT2D eigenvalue weighted by Crippen LogP contribution is 2.07. The molecule has 0 aliphatic rings. The van der Waals surface area contributed by atoms with Gasteiger partial charge in [0.15, 0.2) is 0 Å². The molecular weight excluding hydrogens is 284 g/mol. The molecule has 0 aliphatic carbocycles. The molecule has 0 heterocycles. The maximum absolute atomic E-state index is 12.2. The predicted octanol–water partition coefficient (Wildman–Crippen LogP) is 1.68. The van der Waals surface area contributed by atoms with Crippen molar-refractivity contribution in [2.75, 3.05) is 6.54 Å². The largest absolute Gasteiger partial charge is 0.329 e. The lowest BCUT2D eigenvalue weighted by Gasteiger charge is -2.17. The van der Waals surface area contributed by atoms with E-state index in [1.807, 2.05) is 48.5 Å². The normalized spacial score (nSPS) is 13.0. The molecule has 3 N–H and O–H groups in total. The number of rotatable bonds is 7. The molecule has 0 bridgehead atoms. The van der Waals surface area contributed by atoms with E-state index in [-0.39, 0.29) is 18.3 Å². The minimum atomic E-state index is -3.40. The van der Waals surface area contributed by atoms with Crippen LogP contribution in [0.5, 0.6) is 0 Å². The molecule has 2 aromatic carbocycles. The minimum Gasteiger partial charge on any atom is -0.329 e. The number of hydrogen-bond acceptors (Lipinski definition) is 3. The summed E-state index contributed by atoms with van der Waals surface area (Å²) in [6.45, 7) is 0.267. The highest BCUT2D eigenvalue weighted by atomic mass is 32.2. The molecule has 21 heavy (non-hydrogen) atoms. The van der Waals surface area contributed by atoms with Crippen molar-refractivity contribution in [2.24, 2.45) is 5.73 Å². The summed E-state index contributed by atoms with van der Waals surface area (Å²) in [5.74, 6) is -0.0286. The second-order valence-electron chi connectivity index (χ2n) is 4.98. The first kappa shape index (κ1) is 15.7. The van der Waals surface area contributed by atoms with Crippen molar-refractivity contribution in [1.29, 1.82) is 0 Å². The van der Waals surface area contributed by atoms with Gasteiger partial charge in [-0.15, -0.1) is 0 Å². The van der Waals surface area contributed by atoms with Crippen LogP contribution in [0.3, 0.4) is 0 Å². The molecule has 112 valence electrons. The molecule has 0 aromatic heterocycles. The van der Waals surface area contributed by atoms with Crippen LogP contribution in [0.2, 0.25) is 0 Å². The number of nitrogens with two attached hydrogens (primary N) is 1. The average molecular weight is 304 g/mol. The van der Waals surface area contributed by atoms with Gasteiger partial charge in [-0.3, -0.25) is 0 Å². The zero-order valence-electron chi connectivity index (χ0n) is 11.8. The highest BCUT2D eigenvalue weighted by Gasteiger charge is 2.17. The van der Waals surface area contributed by atoms with E-state index in [9.17, 15) is 8.42 Å². The Hall–Kier alpha value is -1.69. The van der Waals surface area contributed by atoms with Gasteiger partial charge in [0.05, 0.1) is 5.75 Å². The van der Waals surface area contributed by atoms with Crippen LogP contribution in [0.4, 0.5) is 0 Å². The van der Waals surface area contributed by atoms with Gasteiger partial charge in [-0.05, 0) is 17.5 Å². The summed E-state index contributed by atoms with van der Waals surface area (Å²) in [6.07, 6.45) is 0.589. The van der Waals surface area contributed by atoms with Crippen molar-refractivity contribution in [3.05, 3.63) is 71.8 Å². The van der Waals surface area contributed by atoms with Gasteiger partial charge in [-0.2, -0.15) is 0 Å². The second-order valence-corrected chi connectivity index (χ2v) is 6.74. The van der Waals surface area contributed by atoms with Crippen LogP contribution in [-0.4, -0.2) is 21.0 Å². The van der Waals surface area contributed by atoms with Gasteiger partial charge in [-0.25, -0.2) is 13.1 Å². The lowest BCUT2D eigenvalue weighted by atomic mass is 10.1. The van der Waals surface area contributed by atoms with Crippen molar-refractivity contribution in [2.45, 2.75) is 18.2 Å². The van der Waals surface area contributed by atoms with Crippen molar-refractivity contribution in [3.8, 4) is 0 Å². The molecule has 0 radical (unpaired) electrons. The summed E-state index contributed by atoms with van der Waals surface area (Å²) < 4.78 is 27.1. The van der Waals surface area contributed by atoms with Crippen LogP contribution in [0.15, 0.2) is 60.7 Å². The van der Waals surface area contributed by atoms with E-state index in [1.54, 1.807) is 12.1 Å². The van der Waals surface area contributed by atoms with Crippen LogP contribution < -0.4 is 10.5 Å². The minimum absolute atomic E-state index is 0.0286. The lowest BCUT2D eigenvalue weighted by molar-refractivity contribution is 0.547. The maximum Gasteiger partial charge on any atom is 0.216 e. The topological polar surface area (TPSA) is 72.2 Å². The number of hydrogen-bond donors (Lipinski definition) is 2. The summed E-state index contributed by atoms with van der Waals surface area (Å²) >= 11 is 0. The Bertz CT molecular complexity index is 642. The van der Waals surface area contributed by atoms with E-state index in [0.29, 0.717) is 6.42 Å². The molecule has 0 saturated carbocycles. The van der Waals surface area contributed by atoms with E-state index < -0.39 is 10.0 Å². The Morgan fingerprint density at radius 3 is 1.95 bits per heavy atom. The van der Waals surface area contributed by atoms with Crippen molar-refractivity contribution in [1.82, 2.24) is 4.72 Å². The summed E-state index contributed by atoms with van der Waals surface area (Å²) in [5.41, 5.74) is 7.52. The smallest absolute Gasteiger partial charge is 0.216 e. The molecule has 1 atom stereocenters. The van der Waals surface area contributed by atoms with Gasteiger partial charge in [0.2, 0.25) is 10.0 Å². The third-order valence-electron chi connectivity index (χ3n) is 3.16. The second kappa shape index (κ2) is 7.36. The molecule has 0 saturated heterocycles. The van der Waals surface area contributed by atoms with Crippen LogP contribution in [0, 0.1) is 0 Å². The Morgan fingerprint density at radius 1 is 0.905 bits per heavy atom. The molecule has 0 spiro atoms. The van der Waals surface area contributed by atoms with Gasteiger partial charge in [0.1, 0.15) is 0 Å². The average Bonchev–Trinajstić information content (AvgIpc) is 2.48. The van der Waals surface area contributed by atoms with Crippen molar-refractivity contribution >= 4 is 10.0 Å². The van der Waals surface area contributed by atoms with E-state index in [1.165, 1.54) is 0 Å². The molecule has 0 fully saturated rings. The van der Waals surface area contributed by atoms with Gasteiger partial charge in [-0.1, -0.05) is 60.7 Å². The van der Waals surface area contributed by atoms with Gasteiger partial charge in [0.25, 0.3) is 0 Å². The van der Waals surface area contributed by atoms with E-state index in [2.05, 4.69) is 4.72 Å². The Balaban J connectivity index is 2.00. The zero-order valence-corrected chi connectivity index (χ0v) is 12.6. The quantitative estimate of drug-likeness (QED) is 0.817. The first-order valence-electron chi connectivity index (χ1n) is 6.87. The first-order chi connectivity index (χ1) is 10.1. The molecule has 0 amide bonds. The lowest BCUT2D eigenvalue weighted by Crippen LogP contribution is -2.42. The fourth-order valence-electron chi connectivity index (χ4n) is 2.16. The van der Waals surface area contributed by atoms with Crippen LogP contribution >= 0.6 is 0 Å². The van der Waals surface area contributed by atoms with Crippen molar-refractivity contribution in [3.63, 3.8) is 0 Å². The zero-order chi connectivity index (χ0) is 15.1. The van der Waals surface area contributed by atoms with Gasteiger partial charge in [0, 0.05) is 12.6 Å². The number of nitrogens with one attached hydrogen (secondary N) is 1. The Kier molecular flexibility index (Phi) is 5.50. The predicted molar refractivity (Wildman–Crippen MR) is 85.2 cm³/mol. The van der Waals surface area contributed by atoms with Gasteiger partial charge < -0.3 is 5.73 Å². The van der Waals surface area contributed by atoms with E-state index in [0.717, 1.165) is 11.1 Å². The number of benzene rings is 2. The van der Waals surface area contributed by atoms with Gasteiger partial charge >= 0.3 is 0 Å². The summed E-state index contributed by atoms with van der Waals surface area (Å²) in [6, 6.07) is 18.6. The highest BCUT2D eigenvalue weighted by molar-refractivity contribution is 7.88. The molecular formula is C16H20N2O2S. The third-order valence-corrected chi connectivity index (χ3v) is 4.56. The fraction of sp³-hybridized carbons (Fsp3) is 0.250. The summed E-state index contributed by atoms with van der Waals surface area (Å²) in [7, 11) is -3.40. The van der Waals surface area contributed by atoms with Crippen molar-refractivity contribution < 1.29 is 8.42 Å². The summed E-state index contributed by atoms with van der Waals surface area (Å²) in [4.78, 5) is 0. The van der Waals surface area contributed by atoms with Crippen LogP contribution in [0.1, 0.15) is 11.1 Å². The molecule has 5 heteroatoms. The van der Waals surface area contributed by atoms with Crippen LogP contribution in [0.25, 0.3) is 0 Å². The number of sulfonamides is 1. The molecule has 2 rings (SSSR count). The molecule has 2 aromatic rings. The summed E-state index contributed by atoms with van der Waals surface area (Å²) in [5, 5.41) is 0. The Labute approximate surface area is 126 Å². The Morgan fingerprint density at radius 2 is 1.43 bits per heavy atom. The fourth-order valence-corrected chi connectivity index (χ4v) is 3.56. The van der Waals surface area contributed by atoms with E-state index >= 15 is 0 Å². The molecule has 4 nitrogen and oxygen atoms in total.